The molecule has 0 unspecified atom stereocenters. The number of nitrogens with zero attached hydrogens (tertiary/aromatic N) is 5. The normalized spacial score (nSPS) is 19.0. The third kappa shape index (κ3) is 6.14. The van der Waals surface area contributed by atoms with Crippen molar-refractivity contribution in [1.29, 1.82) is 0 Å². The molecule has 16 heteroatoms. The fraction of sp³-hybridized carbons (Fsp3) is 0.450. The highest BCUT2D eigenvalue weighted by atomic mass is 32.1. The minimum absolute atomic E-state index is 0.0192. The monoisotopic (exact) mass is 501 g/mol. The van der Waals surface area contributed by atoms with Crippen LogP contribution >= 0.6 is 11.3 Å². The molecular formula is C20H30B6FN7OS. The predicted octanol–water partition coefficient (Wildman–Crippen LogP) is -2.69. The van der Waals surface area contributed by atoms with Crippen LogP contribution < -0.4 is 10.6 Å². The average molecular weight is 500 g/mol. The van der Waals surface area contributed by atoms with E-state index >= 15 is 4.39 Å². The lowest BCUT2D eigenvalue weighted by Gasteiger charge is -2.46. The number of hydrogen-bond acceptors (Lipinski definition) is 7. The van der Waals surface area contributed by atoms with E-state index in [0.717, 1.165) is 21.0 Å². The van der Waals surface area contributed by atoms with Crippen molar-refractivity contribution < 1.29 is 9.18 Å². The van der Waals surface area contributed by atoms with Crippen molar-refractivity contribution in [2.45, 2.75) is 41.8 Å². The Morgan fingerprint density at radius 2 is 1.92 bits per heavy atom. The van der Waals surface area contributed by atoms with Gasteiger partial charge in [0.05, 0.1) is 59.1 Å². The molecule has 1 aliphatic heterocycles. The first kappa shape index (κ1) is 26.7. The first-order valence-corrected chi connectivity index (χ1v) is 13.2. The Kier molecular flexibility index (Phi) is 7.57. The van der Waals surface area contributed by atoms with Gasteiger partial charge in [0.1, 0.15) is 16.2 Å². The summed E-state index contributed by atoms with van der Waals surface area (Å²) < 4.78 is 15.2. The number of piperidine rings is 1. The van der Waals surface area contributed by atoms with E-state index in [1.165, 1.54) is 16.2 Å². The van der Waals surface area contributed by atoms with Gasteiger partial charge in [0, 0.05) is 29.7 Å². The van der Waals surface area contributed by atoms with Crippen molar-refractivity contribution in [2.24, 2.45) is 0 Å². The van der Waals surface area contributed by atoms with Crippen LogP contribution in [0.4, 0.5) is 15.1 Å². The molecule has 2 amide bonds. The SMILES string of the molecule is BC(B)(B)C(N[C@H]1CCN(C(=O)Nc2ncc3ccc(-c4nnc(C)s4)cc3n2)C[C@@H]1F)C(B)(B)B. The summed E-state index contributed by atoms with van der Waals surface area (Å²) in [6, 6.07) is 5.22. The summed E-state index contributed by atoms with van der Waals surface area (Å²) in [5, 5.41) is 17.1. The molecular weight excluding hydrogens is 470 g/mol. The van der Waals surface area contributed by atoms with Gasteiger partial charge in [-0.25, -0.2) is 19.2 Å². The maximum Gasteiger partial charge on any atom is 0.324 e. The average Bonchev–Trinajstić information content (AvgIpc) is 3.22. The van der Waals surface area contributed by atoms with Crippen LogP contribution in [0.2, 0.25) is 10.2 Å². The Morgan fingerprint density at radius 3 is 2.53 bits per heavy atom. The first-order chi connectivity index (χ1) is 16.8. The summed E-state index contributed by atoms with van der Waals surface area (Å²) in [6.07, 6.45) is 1.05. The number of nitrogens with one attached hydrogen (secondary N) is 2. The number of hydrogen-bond donors (Lipinski definition) is 2. The fourth-order valence-electron chi connectivity index (χ4n) is 5.09. The van der Waals surface area contributed by atoms with Crippen molar-refractivity contribution in [3.05, 3.63) is 29.4 Å². The minimum Gasteiger partial charge on any atom is -0.321 e. The van der Waals surface area contributed by atoms with Crippen molar-refractivity contribution in [3.63, 3.8) is 0 Å². The number of benzene rings is 1. The van der Waals surface area contributed by atoms with E-state index in [9.17, 15) is 4.79 Å². The molecule has 4 rings (SSSR count). The van der Waals surface area contributed by atoms with Crippen LogP contribution in [0.15, 0.2) is 24.4 Å². The second-order valence-corrected chi connectivity index (χ2v) is 12.9. The van der Waals surface area contributed by atoms with Gasteiger partial charge in [-0.15, -0.1) is 10.2 Å². The molecule has 0 aliphatic carbocycles. The summed E-state index contributed by atoms with van der Waals surface area (Å²) in [4.78, 5) is 23.2. The quantitative estimate of drug-likeness (QED) is 0.358. The molecule has 1 aliphatic rings. The Labute approximate surface area is 220 Å². The second kappa shape index (κ2) is 10.2. The summed E-state index contributed by atoms with van der Waals surface area (Å²) in [6.45, 7) is 2.39. The highest BCUT2D eigenvalue weighted by molar-refractivity contribution is 7.14. The number of fused-ring (bicyclic) bond motifs is 1. The molecule has 1 saturated heterocycles. The third-order valence-electron chi connectivity index (χ3n) is 6.52. The molecule has 2 N–H and O–H groups in total. The maximum atomic E-state index is 15.2. The molecule has 1 aromatic carbocycles. The smallest absolute Gasteiger partial charge is 0.321 e. The molecule has 1 fully saturated rings. The van der Waals surface area contributed by atoms with Crippen LogP contribution in [0.3, 0.4) is 0 Å². The molecule has 182 valence electrons. The summed E-state index contributed by atoms with van der Waals surface area (Å²) in [5.74, 6) is 0.189. The van der Waals surface area contributed by atoms with Gasteiger partial charge in [0.15, 0.2) is 0 Å². The molecule has 0 saturated carbocycles. The number of carbonyl (C=O) groups is 1. The zero-order valence-corrected chi connectivity index (χ0v) is 22.9. The number of amides is 2. The van der Waals surface area contributed by atoms with Crippen LogP contribution in [0, 0.1) is 6.92 Å². The second-order valence-electron chi connectivity index (χ2n) is 11.7. The van der Waals surface area contributed by atoms with E-state index in [4.69, 9.17) is 0 Å². The largest absolute Gasteiger partial charge is 0.324 e. The van der Waals surface area contributed by atoms with Crippen LogP contribution in [0.1, 0.15) is 11.4 Å². The van der Waals surface area contributed by atoms with E-state index in [2.05, 4.69) is 77.9 Å². The molecule has 8 nitrogen and oxygen atoms in total. The van der Waals surface area contributed by atoms with Gasteiger partial charge in [-0.05, 0) is 25.5 Å². The number of aryl methyl sites for hydroxylation is 1. The number of likely N-dealkylation sites (tertiary alicyclic amines) is 1. The van der Waals surface area contributed by atoms with Gasteiger partial charge in [-0.2, -0.15) is 0 Å². The zero-order chi connectivity index (χ0) is 26.3. The van der Waals surface area contributed by atoms with Crippen LogP contribution in [0.25, 0.3) is 21.5 Å². The molecule has 36 heavy (non-hydrogen) atoms. The number of aromatic nitrogens is 4. The van der Waals surface area contributed by atoms with Gasteiger partial charge in [0.2, 0.25) is 5.95 Å². The molecule has 3 aromatic rings. The Morgan fingerprint density at radius 1 is 1.19 bits per heavy atom. The van der Waals surface area contributed by atoms with Gasteiger partial charge in [0.25, 0.3) is 0 Å². The standard InChI is InChI=1S/C20H30B6FN7OS/c1-9-32-33-15(36-9)10-2-3-11-7-28-17(30-14(11)6-10)31-18(35)34-5-4-13(12(27)8-34)29-16(19(21,22)23)20(24,25)26/h2-3,6-7,12-13,16,29H,4-5,8,21-26H2,1H3,(H,28,30,31,35)/t12-,13-/m0/s1. The van der Waals surface area contributed by atoms with Crippen LogP contribution in [-0.2, 0) is 0 Å². The van der Waals surface area contributed by atoms with Crippen molar-refractivity contribution >= 4 is 81.3 Å². The van der Waals surface area contributed by atoms with Crippen LogP contribution in [-0.4, -0.2) is 110 Å². The molecule has 2 atom stereocenters. The highest BCUT2D eigenvalue weighted by Gasteiger charge is 2.39. The number of urea groups is 1. The number of alkyl halides is 1. The van der Waals surface area contributed by atoms with Crippen molar-refractivity contribution in [1.82, 2.24) is 30.4 Å². The van der Waals surface area contributed by atoms with E-state index in [0.29, 0.717) is 18.5 Å². The molecule has 0 spiro atoms. The van der Waals surface area contributed by atoms with E-state index < -0.39 is 12.2 Å². The summed E-state index contributed by atoms with van der Waals surface area (Å²) >= 11 is 1.51. The Hall–Kier alpha value is -2.33. The van der Waals surface area contributed by atoms with Crippen molar-refractivity contribution in [2.75, 3.05) is 18.4 Å². The Balaban J connectivity index is 1.41. The summed E-state index contributed by atoms with van der Waals surface area (Å²) in [7, 11) is 13.0. The number of rotatable bonds is 6. The molecule has 2 aromatic heterocycles. The van der Waals surface area contributed by atoms with Gasteiger partial charge >= 0.3 is 6.03 Å². The number of halogens is 1. The maximum absolute atomic E-state index is 15.2. The van der Waals surface area contributed by atoms with Crippen molar-refractivity contribution in [3.8, 4) is 10.6 Å². The zero-order valence-electron chi connectivity index (χ0n) is 22.1. The molecule has 3 heterocycles. The Bertz CT molecular complexity index is 1240. The lowest BCUT2D eigenvalue weighted by molar-refractivity contribution is 0.116. The minimum atomic E-state index is -1.16. The highest BCUT2D eigenvalue weighted by Crippen LogP contribution is 2.32. The van der Waals surface area contributed by atoms with E-state index in [-0.39, 0.29) is 34.8 Å². The summed E-state index contributed by atoms with van der Waals surface area (Å²) in [5.41, 5.74) is 1.59. The van der Waals surface area contributed by atoms with Crippen LogP contribution in [0.5, 0.6) is 0 Å². The van der Waals surface area contributed by atoms with Gasteiger partial charge in [-0.3, -0.25) is 5.32 Å². The van der Waals surface area contributed by atoms with E-state index in [1.54, 1.807) is 6.20 Å². The topological polar surface area (TPSA) is 95.9 Å². The lowest BCUT2D eigenvalue weighted by Crippen LogP contribution is -2.60. The van der Waals surface area contributed by atoms with Gasteiger partial charge < -0.3 is 10.2 Å². The predicted molar refractivity (Wildman–Crippen MR) is 161 cm³/mol. The first-order valence-electron chi connectivity index (χ1n) is 12.3. The van der Waals surface area contributed by atoms with E-state index in [1.807, 2.05) is 25.1 Å². The lowest BCUT2D eigenvalue weighted by atomic mass is 9.27. The number of anilines is 1. The molecule has 0 bridgehead atoms. The fourth-order valence-corrected chi connectivity index (χ4v) is 5.78. The number of carbonyl (C=O) groups excluding carboxylic acids is 1. The van der Waals surface area contributed by atoms with Gasteiger partial charge in [-0.1, -0.05) is 33.7 Å². The molecule has 0 radical (unpaired) electrons. The third-order valence-corrected chi connectivity index (χ3v) is 7.40.